The Bertz CT molecular complexity index is 830. The fourth-order valence-corrected chi connectivity index (χ4v) is 2.30. The number of hydrogen-bond donors (Lipinski definition) is 1. The molecule has 0 spiro atoms. The molecule has 0 fully saturated rings. The maximum absolute atomic E-state index is 12.2. The Labute approximate surface area is 125 Å². The second-order valence-electron chi connectivity index (χ2n) is 5.07. The smallest absolute Gasteiger partial charge is 0.332 e. The van der Waals surface area contributed by atoms with Gasteiger partial charge in [0.05, 0.1) is 0 Å². The molecule has 0 aliphatic heterocycles. The summed E-state index contributed by atoms with van der Waals surface area (Å²) in [5.74, 6) is -0.290. The van der Waals surface area contributed by atoms with Gasteiger partial charge in [-0.15, -0.1) is 0 Å². The first-order valence-corrected chi connectivity index (χ1v) is 6.73. The Kier molecular flexibility index (Phi) is 3.91. The van der Waals surface area contributed by atoms with Crippen LogP contribution in [0.5, 0.6) is 0 Å². The summed E-state index contributed by atoms with van der Waals surface area (Å²) in [6.07, 6.45) is 0. The third-order valence-electron chi connectivity index (χ3n) is 3.05. The van der Waals surface area contributed by atoms with Gasteiger partial charge in [0, 0.05) is 20.1 Å². The summed E-state index contributed by atoms with van der Waals surface area (Å²) in [5, 5.41) is 2.70. The van der Waals surface area contributed by atoms with E-state index in [0.717, 1.165) is 4.57 Å². The van der Waals surface area contributed by atoms with Gasteiger partial charge >= 0.3 is 5.69 Å². The molecule has 114 valence electrons. The molecular formula is C12H16ClN5O3. The summed E-state index contributed by atoms with van der Waals surface area (Å²) < 4.78 is 3.48. The van der Waals surface area contributed by atoms with E-state index in [2.05, 4.69) is 10.3 Å². The van der Waals surface area contributed by atoms with Crippen molar-refractivity contribution < 1.29 is 4.79 Å². The number of halogens is 1. The molecular weight excluding hydrogens is 298 g/mol. The zero-order valence-corrected chi connectivity index (χ0v) is 12.9. The van der Waals surface area contributed by atoms with Crippen LogP contribution in [0, 0.1) is 0 Å². The minimum Gasteiger partial charge on any atom is -0.352 e. The lowest BCUT2D eigenvalue weighted by molar-refractivity contribution is -0.122. The summed E-state index contributed by atoms with van der Waals surface area (Å²) in [7, 11) is 2.86. The van der Waals surface area contributed by atoms with Crippen molar-refractivity contribution in [2.45, 2.75) is 26.4 Å². The van der Waals surface area contributed by atoms with Gasteiger partial charge in [-0.1, -0.05) is 0 Å². The minimum atomic E-state index is -0.537. The van der Waals surface area contributed by atoms with Crippen LogP contribution in [0.3, 0.4) is 0 Å². The van der Waals surface area contributed by atoms with Gasteiger partial charge in [0.25, 0.3) is 5.56 Å². The highest BCUT2D eigenvalue weighted by Crippen LogP contribution is 2.15. The molecule has 0 saturated heterocycles. The fraction of sp³-hybridized carbons (Fsp3) is 0.500. The lowest BCUT2D eigenvalue weighted by atomic mass is 10.4. The van der Waals surface area contributed by atoms with Crippen molar-refractivity contribution in [2.24, 2.45) is 14.1 Å². The Balaban J connectivity index is 2.66. The van der Waals surface area contributed by atoms with E-state index in [1.807, 2.05) is 13.8 Å². The Hall–Kier alpha value is -2.09. The largest absolute Gasteiger partial charge is 0.352 e. The van der Waals surface area contributed by atoms with Crippen LogP contribution in [-0.2, 0) is 25.4 Å². The SMILES string of the molecule is CC(C)NC(=O)Cn1c(Cl)nc2c1c(=O)n(C)c(=O)n2C. The molecule has 2 aromatic rings. The highest BCUT2D eigenvalue weighted by molar-refractivity contribution is 6.29. The van der Waals surface area contributed by atoms with Crippen molar-refractivity contribution in [3.05, 3.63) is 26.1 Å². The average molecular weight is 314 g/mol. The first-order valence-electron chi connectivity index (χ1n) is 6.35. The lowest BCUT2D eigenvalue weighted by Crippen LogP contribution is -2.38. The number of nitrogens with one attached hydrogen (secondary N) is 1. The summed E-state index contributed by atoms with van der Waals surface area (Å²) in [6, 6.07) is -0.0294. The quantitative estimate of drug-likeness (QED) is 0.781. The molecule has 0 aliphatic carbocycles. The molecule has 0 radical (unpaired) electrons. The van der Waals surface area contributed by atoms with Gasteiger partial charge in [0.1, 0.15) is 6.54 Å². The predicted molar refractivity (Wildman–Crippen MR) is 78.5 cm³/mol. The topological polar surface area (TPSA) is 90.9 Å². The maximum atomic E-state index is 12.2. The lowest BCUT2D eigenvalue weighted by Gasteiger charge is -2.10. The van der Waals surface area contributed by atoms with Gasteiger partial charge in [0.15, 0.2) is 11.2 Å². The number of aromatic nitrogens is 4. The highest BCUT2D eigenvalue weighted by atomic mass is 35.5. The van der Waals surface area contributed by atoms with Crippen LogP contribution in [0.2, 0.25) is 5.28 Å². The normalized spacial score (nSPS) is 11.3. The van der Waals surface area contributed by atoms with Gasteiger partial charge in [-0.3, -0.25) is 23.3 Å². The van der Waals surface area contributed by atoms with Gasteiger partial charge in [0.2, 0.25) is 11.2 Å². The zero-order chi connectivity index (χ0) is 15.9. The van der Waals surface area contributed by atoms with Crippen LogP contribution in [0.4, 0.5) is 0 Å². The predicted octanol–water partition coefficient (Wildman–Crippen LogP) is -0.388. The molecule has 2 rings (SSSR count). The van der Waals surface area contributed by atoms with Crippen LogP contribution in [0.25, 0.3) is 11.2 Å². The van der Waals surface area contributed by atoms with Crippen molar-refractivity contribution in [1.29, 1.82) is 0 Å². The molecule has 0 atom stereocenters. The monoisotopic (exact) mass is 313 g/mol. The van der Waals surface area contributed by atoms with Crippen molar-refractivity contribution in [3.63, 3.8) is 0 Å². The molecule has 0 aromatic carbocycles. The summed E-state index contributed by atoms with van der Waals surface area (Å²) in [6.45, 7) is 3.52. The van der Waals surface area contributed by atoms with E-state index in [4.69, 9.17) is 11.6 Å². The van der Waals surface area contributed by atoms with Crippen molar-refractivity contribution in [1.82, 2.24) is 24.0 Å². The molecule has 9 heteroatoms. The van der Waals surface area contributed by atoms with E-state index in [1.54, 1.807) is 0 Å². The number of rotatable bonds is 3. The van der Waals surface area contributed by atoms with Gasteiger partial charge < -0.3 is 5.32 Å². The summed E-state index contributed by atoms with van der Waals surface area (Å²) >= 11 is 6.01. The van der Waals surface area contributed by atoms with Crippen LogP contribution in [0.15, 0.2) is 9.59 Å². The van der Waals surface area contributed by atoms with E-state index in [1.165, 1.54) is 23.2 Å². The van der Waals surface area contributed by atoms with Gasteiger partial charge in [-0.2, -0.15) is 4.98 Å². The Morgan fingerprint density at radius 3 is 2.48 bits per heavy atom. The van der Waals surface area contributed by atoms with Crippen LogP contribution >= 0.6 is 11.6 Å². The number of imidazole rings is 1. The molecule has 8 nitrogen and oxygen atoms in total. The highest BCUT2D eigenvalue weighted by Gasteiger charge is 2.19. The minimum absolute atomic E-state index is 0.0118. The Morgan fingerprint density at radius 2 is 1.90 bits per heavy atom. The van der Waals surface area contributed by atoms with E-state index >= 15 is 0 Å². The van der Waals surface area contributed by atoms with Crippen molar-refractivity contribution >= 4 is 28.7 Å². The molecule has 2 heterocycles. The van der Waals surface area contributed by atoms with E-state index in [9.17, 15) is 14.4 Å². The average Bonchev–Trinajstić information content (AvgIpc) is 2.70. The van der Waals surface area contributed by atoms with Gasteiger partial charge in [-0.05, 0) is 25.4 Å². The third-order valence-corrected chi connectivity index (χ3v) is 3.34. The van der Waals surface area contributed by atoms with E-state index in [-0.39, 0.29) is 34.9 Å². The van der Waals surface area contributed by atoms with Crippen molar-refractivity contribution in [2.75, 3.05) is 0 Å². The summed E-state index contributed by atoms with van der Waals surface area (Å²) in [4.78, 5) is 40.0. The molecule has 0 unspecified atom stereocenters. The first kappa shape index (κ1) is 15.3. The molecule has 0 aliphatic rings. The second kappa shape index (κ2) is 5.36. The molecule has 2 aromatic heterocycles. The molecule has 1 amide bonds. The number of fused-ring (bicyclic) bond motifs is 1. The first-order chi connectivity index (χ1) is 9.73. The number of hydrogen-bond acceptors (Lipinski definition) is 4. The van der Waals surface area contributed by atoms with E-state index in [0.29, 0.717) is 0 Å². The summed E-state index contributed by atoms with van der Waals surface area (Å²) in [5.41, 5.74) is -0.751. The molecule has 0 saturated carbocycles. The van der Waals surface area contributed by atoms with Crippen molar-refractivity contribution in [3.8, 4) is 0 Å². The zero-order valence-electron chi connectivity index (χ0n) is 12.2. The maximum Gasteiger partial charge on any atom is 0.332 e. The number of carbonyl (C=O) groups excluding carboxylic acids is 1. The Morgan fingerprint density at radius 1 is 1.29 bits per heavy atom. The third kappa shape index (κ3) is 2.58. The van der Waals surface area contributed by atoms with Gasteiger partial charge in [-0.25, -0.2) is 4.79 Å². The fourth-order valence-electron chi connectivity index (χ4n) is 2.08. The standard InChI is InChI=1S/C12H16ClN5O3/c1-6(2)14-7(19)5-18-8-9(15-11(18)13)16(3)12(21)17(4)10(8)20/h6H,5H2,1-4H3,(H,14,19). The second-order valence-corrected chi connectivity index (χ2v) is 5.41. The number of carbonyl (C=O) groups is 1. The number of nitrogens with zero attached hydrogens (tertiary/aromatic N) is 4. The van der Waals surface area contributed by atoms with E-state index < -0.39 is 11.2 Å². The number of amides is 1. The van der Waals surface area contributed by atoms with Crippen LogP contribution in [0.1, 0.15) is 13.8 Å². The molecule has 21 heavy (non-hydrogen) atoms. The molecule has 0 bridgehead atoms. The van der Waals surface area contributed by atoms with Crippen LogP contribution in [-0.4, -0.2) is 30.6 Å². The molecule has 1 N–H and O–H groups in total. The van der Waals surface area contributed by atoms with Crippen LogP contribution < -0.4 is 16.6 Å². The number of aryl methyl sites for hydroxylation is 1.